The standard InChI is InChI=1S/C12H20N3O14P3/c13-3-1-2-7-5-15(12(18)14-11(7)17)10-4-8(16)9(27-10)6-26-31(22,23)29-32(24,25)28-30(19,20)21/h1-2,5,8-10,16H,3-4,6,13H2,(H,22,23)(H,24,25)(H,14,17,18)(H2,19,20,21)/b2-1+/t8-,9-,10-/m0/s1. The van der Waals surface area contributed by atoms with E-state index in [0.717, 1.165) is 10.8 Å². The number of rotatable bonds is 10. The van der Waals surface area contributed by atoms with Crippen molar-refractivity contribution in [1.82, 2.24) is 9.55 Å². The van der Waals surface area contributed by atoms with E-state index in [1.807, 2.05) is 4.98 Å². The van der Waals surface area contributed by atoms with E-state index in [1.54, 1.807) is 0 Å². The van der Waals surface area contributed by atoms with Crippen LogP contribution in [0.5, 0.6) is 0 Å². The molecule has 0 bridgehead atoms. The molecule has 2 heterocycles. The Bertz CT molecular complexity index is 1110. The van der Waals surface area contributed by atoms with Gasteiger partial charge in [0.1, 0.15) is 12.3 Å². The molecule has 1 aromatic heterocycles. The van der Waals surface area contributed by atoms with Crippen LogP contribution in [0.1, 0.15) is 18.2 Å². The number of aliphatic hydroxyl groups is 1. The van der Waals surface area contributed by atoms with E-state index >= 15 is 0 Å². The average Bonchev–Trinajstić information content (AvgIpc) is 2.97. The maximum atomic E-state index is 12.1. The lowest BCUT2D eigenvalue weighted by molar-refractivity contribution is -0.0450. The average molecular weight is 523 g/mol. The number of nitrogens with two attached hydrogens (primary N) is 1. The van der Waals surface area contributed by atoms with Crippen molar-refractivity contribution in [2.75, 3.05) is 13.2 Å². The van der Waals surface area contributed by atoms with Crippen LogP contribution in [-0.2, 0) is 31.6 Å². The van der Waals surface area contributed by atoms with Gasteiger partial charge < -0.3 is 35.2 Å². The molecule has 20 heteroatoms. The first-order chi connectivity index (χ1) is 14.6. The maximum absolute atomic E-state index is 12.1. The van der Waals surface area contributed by atoms with Gasteiger partial charge in [0, 0.05) is 19.2 Å². The fraction of sp³-hybridized carbons (Fsp3) is 0.500. The molecular weight excluding hydrogens is 503 g/mol. The summed E-state index contributed by atoms with van der Waals surface area (Å²) in [5.74, 6) is 0. The summed E-state index contributed by atoms with van der Waals surface area (Å²) >= 11 is 0. The Morgan fingerprint density at radius 2 is 1.84 bits per heavy atom. The largest absolute Gasteiger partial charge is 0.490 e. The number of ether oxygens (including phenoxy) is 1. The molecule has 17 nitrogen and oxygen atoms in total. The summed E-state index contributed by atoms with van der Waals surface area (Å²) in [6.45, 7) is -0.778. The van der Waals surface area contributed by atoms with Crippen LogP contribution in [0.2, 0.25) is 0 Å². The van der Waals surface area contributed by atoms with Crippen molar-refractivity contribution in [2.45, 2.75) is 24.9 Å². The van der Waals surface area contributed by atoms with Crippen molar-refractivity contribution >= 4 is 29.5 Å². The van der Waals surface area contributed by atoms with Crippen LogP contribution >= 0.6 is 23.5 Å². The molecule has 0 amide bonds. The van der Waals surface area contributed by atoms with E-state index in [1.165, 1.54) is 12.2 Å². The highest BCUT2D eigenvalue weighted by Gasteiger charge is 2.43. The number of H-pyrrole nitrogens is 1. The normalized spacial score (nSPS) is 25.6. The van der Waals surface area contributed by atoms with Crippen molar-refractivity contribution in [3.05, 3.63) is 38.7 Å². The third-order valence-corrected chi connectivity index (χ3v) is 7.56. The second-order valence-corrected chi connectivity index (χ2v) is 10.6. The summed E-state index contributed by atoms with van der Waals surface area (Å²) in [6.07, 6.45) is -0.0802. The number of nitrogens with zero attached hydrogens (tertiary/aromatic N) is 1. The number of aromatic nitrogens is 2. The van der Waals surface area contributed by atoms with Gasteiger partial charge in [-0.25, -0.2) is 18.5 Å². The lowest BCUT2D eigenvalue weighted by Gasteiger charge is -2.19. The highest BCUT2D eigenvalue weighted by atomic mass is 31.3. The molecule has 1 aliphatic heterocycles. The second kappa shape index (κ2) is 10.3. The Kier molecular flexibility index (Phi) is 8.70. The maximum Gasteiger partial charge on any atom is 0.490 e. The Labute approximate surface area is 178 Å². The lowest BCUT2D eigenvalue weighted by Crippen LogP contribution is -2.33. The molecule has 2 rings (SSSR count). The molecule has 1 fully saturated rings. The smallest absolute Gasteiger partial charge is 0.390 e. The first-order valence-electron chi connectivity index (χ1n) is 8.46. The predicted molar refractivity (Wildman–Crippen MR) is 104 cm³/mol. The molecule has 0 radical (unpaired) electrons. The first-order valence-corrected chi connectivity index (χ1v) is 13.0. The van der Waals surface area contributed by atoms with Gasteiger partial charge in [0.15, 0.2) is 0 Å². The number of hydrogen-bond donors (Lipinski definition) is 7. The van der Waals surface area contributed by atoms with Crippen LogP contribution in [0.15, 0.2) is 21.9 Å². The predicted octanol–water partition coefficient (Wildman–Crippen LogP) is -1.50. The molecule has 1 aliphatic rings. The van der Waals surface area contributed by atoms with Gasteiger partial charge in [0.2, 0.25) is 0 Å². The molecule has 8 N–H and O–H groups in total. The van der Waals surface area contributed by atoms with Crippen molar-refractivity contribution in [3.63, 3.8) is 0 Å². The summed E-state index contributed by atoms with van der Waals surface area (Å²) in [5.41, 5.74) is 3.81. The third-order valence-electron chi connectivity index (χ3n) is 3.76. The zero-order valence-electron chi connectivity index (χ0n) is 15.9. The zero-order valence-corrected chi connectivity index (χ0v) is 18.5. The van der Waals surface area contributed by atoms with Crippen molar-refractivity contribution in [3.8, 4) is 0 Å². The van der Waals surface area contributed by atoms with Crippen LogP contribution in [0.4, 0.5) is 0 Å². The number of aliphatic hydroxyl groups excluding tert-OH is 1. The Hall–Kier alpha value is -1.29. The van der Waals surface area contributed by atoms with Crippen LogP contribution in [0.3, 0.4) is 0 Å². The van der Waals surface area contributed by atoms with E-state index in [-0.39, 0.29) is 18.5 Å². The minimum Gasteiger partial charge on any atom is -0.390 e. The molecule has 0 saturated carbocycles. The molecule has 0 aliphatic carbocycles. The minimum atomic E-state index is -5.70. The lowest BCUT2D eigenvalue weighted by atomic mass is 10.2. The van der Waals surface area contributed by atoms with Crippen molar-refractivity contribution in [1.29, 1.82) is 0 Å². The molecule has 182 valence electrons. The van der Waals surface area contributed by atoms with Gasteiger partial charge in [0.25, 0.3) is 5.56 Å². The second-order valence-electron chi connectivity index (χ2n) is 6.21. The van der Waals surface area contributed by atoms with E-state index in [4.69, 9.17) is 25.2 Å². The number of hydrogen-bond acceptors (Lipinski definition) is 11. The Morgan fingerprint density at radius 1 is 1.19 bits per heavy atom. The number of aromatic amines is 1. The molecule has 32 heavy (non-hydrogen) atoms. The topological polar surface area (TPSA) is 270 Å². The van der Waals surface area contributed by atoms with Gasteiger partial charge in [-0.2, -0.15) is 8.62 Å². The van der Waals surface area contributed by atoms with E-state index < -0.39 is 59.8 Å². The first kappa shape index (κ1) is 27.0. The van der Waals surface area contributed by atoms with Gasteiger partial charge in [-0.3, -0.25) is 18.9 Å². The van der Waals surface area contributed by atoms with E-state index in [9.17, 15) is 33.3 Å². The minimum absolute atomic E-state index is 0.0600. The van der Waals surface area contributed by atoms with Gasteiger partial charge in [0.05, 0.1) is 18.3 Å². The van der Waals surface area contributed by atoms with Crippen LogP contribution in [0.25, 0.3) is 6.08 Å². The van der Waals surface area contributed by atoms with E-state index in [0.29, 0.717) is 0 Å². The molecule has 5 atom stereocenters. The van der Waals surface area contributed by atoms with Crippen molar-refractivity contribution < 1.29 is 56.3 Å². The third kappa shape index (κ3) is 7.93. The molecule has 1 saturated heterocycles. The summed E-state index contributed by atoms with van der Waals surface area (Å²) in [5, 5.41) is 10.1. The summed E-state index contributed by atoms with van der Waals surface area (Å²) in [6, 6.07) is 0. The highest BCUT2D eigenvalue weighted by molar-refractivity contribution is 7.66. The zero-order chi connectivity index (χ0) is 24.3. The monoisotopic (exact) mass is 523 g/mol. The summed E-state index contributed by atoms with van der Waals surface area (Å²) in [7, 11) is -16.7. The number of nitrogens with one attached hydrogen (secondary N) is 1. The SMILES string of the molecule is NC/C=C/c1cn([C@@H]2C[C@H](O)[C@H](COP(=O)(O)OP(=O)(O)OP(=O)(O)O)O2)c(=O)[nH]c1=O. The number of phosphoric ester groups is 1. The molecule has 0 aromatic carbocycles. The van der Waals surface area contributed by atoms with E-state index in [2.05, 4.69) is 13.1 Å². The van der Waals surface area contributed by atoms with Crippen LogP contribution in [0, 0.1) is 0 Å². The molecule has 0 spiro atoms. The fourth-order valence-electron chi connectivity index (χ4n) is 2.54. The Morgan fingerprint density at radius 3 is 2.44 bits per heavy atom. The van der Waals surface area contributed by atoms with Gasteiger partial charge in [-0.05, 0) is 0 Å². The van der Waals surface area contributed by atoms with Gasteiger partial charge >= 0.3 is 29.2 Å². The van der Waals surface area contributed by atoms with Crippen LogP contribution < -0.4 is 17.0 Å². The number of phosphoric acid groups is 3. The summed E-state index contributed by atoms with van der Waals surface area (Å²) < 4.78 is 51.6. The quantitative estimate of drug-likeness (QED) is 0.172. The molecule has 2 unspecified atom stereocenters. The van der Waals surface area contributed by atoms with Gasteiger partial charge in [-0.1, -0.05) is 12.2 Å². The molecular formula is C12H20N3O14P3. The Balaban J connectivity index is 2.08. The van der Waals surface area contributed by atoms with Gasteiger partial charge in [-0.15, -0.1) is 0 Å². The highest BCUT2D eigenvalue weighted by Crippen LogP contribution is 2.66. The molecule has 1 aromatic rings. The van der Waals surface area contributed by atoms with Crippen LogP contribution in [-0.4, -0.2) is 59.6 Å². The van der Waals surface area contributed by atoms with Crippen molar-refractivity contribution in [2.24, 2.45) is 5.73 Å². The summed E-state index contributed by atoms with van der Waals surface area (Å²) in [4.78, 5) is 61.5. The fourth-order valence-corrected chi connectivity index (χ4v) is 5.57.